The van der Waals surface area contributed by atoms with Gasteiger partial charge in [-0.15, -0.1) is 10.2 Å². The van der Waals surface area contributed by atoms with Crippen molar-refractivity contribution in [1.29, 1.82) is 0 Å². The lowest BCUT2D eigenvalue weighted by Crippen LogP contribution is -2.20. The van der Waals surface area contributed by atoms with Gasteiger partial charge in [0, 0.05) is 17.9 Å². The van der Waals surface area contributed by atoms with Crippen LogP contribution in [0.4, 0.5) is 11.4 Å². The first-order valence-corrected chi connectivity index (χ1v) is 6.00. The third kappa shape index (κ3) is 1.79. The van der Waals surface area contributed by atoms with Crippen LogP contribution in [0.3, 0.4) is 0 Å². The maximum absolute atomic E-state index is 5.98. The fraction of sp³-hybridized carbons (Fsp3) is 0.417. The van der Waals surface area contributed by atoms with Crippen molar-refractivity contribution in [2.24, 2.45) is 7.05 Å². The van der Waals surface area contributed by atoms with Crippen LogP contribution in [0, 0.1) is 6.92 Å². The molecule has 6 heteroatoms. The summed E-state index contributed by atoms with van der Waals surface area (Å²) in [6.07, 6.45) is 1.05. The number of nitrogens with two attached hydrogens (primary N) is 1. The molecular formula is C12H16N6. The number of hydrogen-bond acceptors (Lipinski definition) is 5. The zero-order chi connectivity index (χ0) is 12.7. The number of hydrogen-bond donors (Lipinski definition) is 1. The minimum absolute atomic E-state index is 0.684. The van der Waals surface area contributed by atoms with E-state index < -0.39 is 0 Å². The summed E-state index contributed by atoms with van der Waals surface area (Å²) in [7, 11) is 1.77. The minimum atomic E-state index is 0.684. The van der Waals surface area contributed by atoms with Crippen LogP contribution in [0.25, 0.3) is 0 Å². The largest absolute Gasteiger partial charge is 0.398 e. The quantitative estimate of drug-likeness (QED) is 0.786. The Kier molecular flexibility index (Phi) is 2.43. The average molecular weight is 244 g/mol. The minimum Gasteiger partial charge on any atom is -0.398 e. The molecule has 0 saturated heterocycles. The van der Waals surface area contributed by atoms with Crippen LogP contribution < -0.4 is 10.6 Å². The third-order valence-electron chi connectivity index (χ3n) is 3.34. The lowest BCUT2D eigenvalue weighted by Gasteiger charge is -2.17. The molecule has 18 heavy (non-hydrogen) atoms. The van der Waals surface area contributed by atoms with E-state index in [9.17, 15) is 0 Å². The number of tetrazole rings is 1. The number of nitrogens with zero attached hydrogens (tertiary/aromatic N) is 5. The molecule has 0 spiro atoms. The van der Waals surface area contributed by atoms with E-state index in [1.807, 2.05) is 13.0 Å². The van der Waals surface area contributed by atoms with Crippen molar-refractivity contribution in [2.45, 2.75) is 19.9 Å². The Morgan fingerprint density at radius 2 is 2.22 bits per heavy atom. The van der Waals surface area contributed by atoms with Gasteiger partial charge in [-0.2, -0.15) is 4.80 Å². The number of rotatable bonds is 2. The summed E-state index contributed by atoms with van der Waals surface area (Å²) < 4.78 is 0. The fourth-order valence-electron chi connectivity index (χ4n) is 2.36. The van der Waals surface area contributed by atoms with Gasteiger partial charge in [-0.3, -0.25) is 0 Å². The molecule has 94 valence electrons. The smallest absolute Gasteiger partial charge is 0.193 e. The standard InChI is InChI=1S/C12H16N6/c1-8-5-9-3-4-18(11(9)6-10(8)13)7-12-14-16-17(2)15-12/h5-6H,3-4,7,13H2,1-2H3. The summed E-state index contributed by atoms with van der Waals surface area (Å²) in [5.74, 6) is 0.740. The van der Waals surface area contributed by atoms with E-state index >= 15 is 0 Å². The van der Waals surface area contributed by atoms with Crippen molar-refractivity contribution in [3.8, 4) is 0 Å². The highest BCUT2D eigenvalue weighted by Crippen LogP contribution is 2.32. The van der Waals surface area contributed by atoms with Gasteiger partial charge in [0.2, 0.25) is 0 Å². The summed E-state index contributed by atoms with van der Waals surface area (Å²) >= 11 is 0. The molecule has 0 fully saturated rings. The summed E-state index contributed by atoms with van der Waals surface area (Å²) in [4.78, 5) is 3.73. The number of aryl methyl sites for hydroxylation is 2. The first-order chi connectivity index (χ1) is 8.63. The van der Waals surface area contributed by atoms with Gasteiger partial charge >= 0.3 is 0 Å². The van der Waals surface area contributed by atoms with Gasteiger partial charge < -0.3 is 10.6 Å². The van der Waals surface area contributed by atoms with Gasteiger partial charge in [-0.1, -0.05) is 6.07 Å². The predicted octanol–water partition coefficient (Wildman–Crippen LogP) is 0.663. The highest BCUT2D eigenvalue weighted by atomic mass is 15.6. The van der Waals surface area contributed by atoms with Crippen molar-refractivity contribution < 1.29 is 0 Å². The molecule has 0 atom stereocenters. The van der Waals surface area contributed by atoms with Gasteiger partial charge in [-0.25, -0.2) is 0 Å². The lowest BCUT2D eigenvalue weighted by molar-refractivity contribution is 0.626. The van der Waals surface area contributed by atoms with Crippen molar-refractivity contribution >= 4 is 11.4 Å². The fourth-order valence-corrected chi connectivity index (χ4v) is 2.36. The van der Waals surface area contributed by atoms with E-state index in [1.165, 1.54) is 16.0 Å². The molecule has 1 aliphatic rings. The van der Waals surface area contributed by atoms with E-state index in [0.717, 1.165) is 30.0 Å². The summed E-state index contributed by atoms with van der Waals surface area (Å²) in [6.45, 7) is 3.71. The molecule has 0 radical (unpaired) electrons. The van der Waals surface area contributed by atoms with Crippen LogP contribution in [0.1, 0.15) is 17.0 Å². The van der Waals surface area contributed by atoms with Crippen molar-refractivity contribution in [2.75, 3.05) is 17.2 Å². The molecule has 0 unspecified atom stereocenters. The van der Waals surface area contributed by atoms with Crippen LogP contribution in [0.15, 0.2) is 12.1 Å². The van der Waals surface area contributed by atoms with Crippen molar-refractivity contribution in [3.63, 3.8) is 0 Å². The predicted molar refractivity (Wildman–Crippen MR) is 69.1 cm³/mol. The normalized spacial score (nSPS) is 14.0. The Morgan fingerprint density at radius 3 is 2.94 bits per heavy atom. The highest BCUT2D eigenvalue weighted by molar-refractivity contribution is 5.67. The molecule has 0 saturated carbocycles. The van der Waals surface area contributed by atoms with Crippen LogP contribution >= 0.6 is 0 Å². The molecule has 0 amide bonds. The Bertz CT molecular complexity index is 588. The molecule has 3 rings (SSSR count). The number of aromatic nitrogens is 4. The van der Waals surface area contributed by atoms with E-state index in [-0.39, 0.29) is 0 Å². The van der Waals surface area contributed by atoms with Gasteiger partial charge in [0.25, 0.3) is 0 Å². The van der Waals surface area contributed by atoms with Crippen molar-refractivity contribution in [3.05, 3.63) is 29.1 Å². The Morgan fingerprint density at radius 1 is 1.39 bits per heavy atom. The SMILES string of the molecule is Cc1cc2c(cc1N)N(Cc1nnn(C)n1)CC2. The van der Waals surface area contributed by atoms with E-state index in [4.69, 9.17) is 5.73 Å². The molecule has 1 aromatic carbocycles. The number of nitrogen functional groups attached to an aromatic ring is 1. The lowest BCUT2D eigenvalue weighted by atomic mass is 10.1. The van der Waals surface area contributed by atoms with Gasteiger partial charge in [0.05, 0.1) is 13.6 Å². The maximum atomic E-state index is 5.98. The van der Waals surface area contributed by atoms with Gasteiger partial charge in [-0.05, 0) is 35.8 Å². The summed E-state index contributed by atoms with van der Waals surface area (Å²) in [5.41, 5.74) is 10.5. The van der Waals surface area contributed by atoms with Crippen LogP contribution in [-0.4, -0.2) is 26.8 Å². The van der Waals surface area contributed by atoms with E-state index in [1.54, 1.807) is 7.05 Å². The second-order valence-corrected chi connectivity index (χ2v) is 4.70. The molecule has 2 N–H and O–H groups in total. The first kappa shape index (κ1) is 11.0. The highest BCUT2D eigenvalue weighted by Gasteiger charge is 2.21. The molecule has 1 aromatic heterocycles. The molecule has 2 heterocycles. The van der Waals surface area contributed by atoms with Gasteiger partial charge in [0.1, 0.15) is 0 Å². The molecule has 0 aliphatic carbocycles. The molecular weight excluding hydrogens is 228 g/mol. The second-order valence-electron chi connectivity index (χ2n) is 4.70. The molecule has 2 aromatic rings. The Balaban J connectivity index is 1.88. The Hall–Kier alpha value is -2.11. The van der Waals surface area contributed by atoms with E-state index in [0.29, 0.717) is 6.54 Å². The van der Waals surface area contributed by atoms with E-state index in [2.05, 4.69) is 26.4 Å². The first-order valence-electron chi connectivity index (χ1n) is 6.00. The number of benzene rings is 1. The maximum Gasteiger partial charge on any atom is 0.193 e. The number of anilines is 2. The zero-order valence-electron chi connectivity index (χ0n) is 10.6. The third-order valence-corrected chi connectivity index (χ3v) is 3.34. The second kappa shape index (κ2) is 3.97. The summed E-state index contributed by atoms with van der Waals surface area (Å²) in [6, 6.07) is 4.23. The molecule has 1 aliphatic heterocycles. The molecule has 0 bridgehead atoms. The van der Waals surface area contributed by atoms with Crippen LogP contribution in [-0.2, 0) is 20.0 Å². The zero-order valence-corrected chi connectivity index (χ0v) is 10.6. The van der Waals surface area contributed by atoms with Crippen LogP contribution in [0.2, 0.25) is 0 Å². The number of fused-ring (bicyclic) bond motifs is 1. The average Bonchev–Trinajstić information content (AvgIpc) is 2.89. The molecule has 6 nitrogen and oxygen atoms in total. The van der Waals surface area contributed by atoms with Crippen LogP contribution in [0.5, 0.6) is 0 Å². The monoisotopic (exact) mass is 244 g/mol. The van der Waals surface area contributed by atoms with Crippen molar-refractivity contribution in [1.82, 2.24) is 20.2 Å². The Labute approximate surface area is 105 Å². The summed E-state index contributed by atoms with van der Waals surface area (Å²) in [5, 5.41) is 12.1. The topological polar surface area (TPSA) is 72.9 Å². The van der Waals surface area contributed by atoms with Gasteiger partial charge in [0.15, 0.2) is 5.82 Å².